The quantitative estimate of drug-likeness (QED) is 0.364. The minimum Gasteiger partial charge on any atom is -0.616 e. The molecular weight excluding hydrogens is 496 g/mol. The van der Waals surface area contributed by atoms with E-state index >= 15 is 0 Å². The maximum absolute atomic E-state index is 14.4. The molecule has 3 heterocycles. The predicted molar refractivity (Wildman–Crippen MR) is 135 cm³/mol. The van der Waals surface area contributed by atoms with Crippen LogP contribution in [0.2, 0.25) is 0 Å². The molecule has 1 fully saturated rings. The number of nitrogens with zero attached hydrogens (tertiary/aromatic N) is 3. The molecule has 1 aliphatic carbocycles. The van der Waals surface area contributed by atoms with Gasteiger partial charge in [-0.15, -0.1) is 0 Å². The molecule has 1 amide bonds. The Balaban J connectivity index is 1.59. The molecule has 2 aromatic heterocycles. The second-order valence-electron chi connectivity index (χ2n) is 9.41. The number of carbonyl (C=O) groups is 1. The lowest BCUT2D eigenvalue weighted by atomic mass is 9.99. The van der Waals surface area contributed by atoms with Gasteiger partial charge in [-0.05, 0) is 56.5 Å². The fourth-order valence-electron chi connectivity index (χ4n) is 4.10. The number of benzene rings is 1. The van der Waals surface area contributed by atoms with Crippen molar-refractivity contribution >= 4 is 33.3 Å². The number of aromatic nitrogens is 2. The molecule has 2 aliphatic rings. The molecule has 174 valence electrons. The van der Waals surface area contributed by atoms with Crippen molar-refractivity contribution in [3.8, 4) is 11.1 Å². The third-order valence-corrected chi connectivity index (χ3v) is 6.55. The van der Waals surface area contributed by atoms with Crippen molar-refractivity contribution in [2.24, 2.45) is 0 Å². The summed E-state index contributed by atoms with van der Waals surface area (Å²) in [5.41, 5.74) is 2.70. The number of hydrogen-bond acceptors (Lipinski definition) is 5. The number of nitrogens with one attached hydrogen (secondary N) is 1. The summed E-state index contributed by atoms with van der Waals surface area (Å²) in [6, 6.07) is 12.9. The molecule has 2 N–H and O–H groups in total. The summed E-state index contributed by atoms with van der Waals surface area (Å²) >= 11 is 3.54. The van der Waals surface area contributed by atoms with Crippen LogP contribution < -0.4 is 9.96 Å². The van der Waals surface area contributed by atoms with Crippen LogP contribution in [0.15, 0.2) is 71.1 Å². The number of pyridine rings is 2. The van der Waals surface area contributed by atoms with Gasteiger partial charge in [-0.1, -0.05) is 22.0 Å². The van der Waals surface area contributed by atoms with Gasteiger partial charge in [0.2, 0.25) is 5.82 Å². The Bertz CT molecular complexity index is 1300. The number of carbonyl (C=O) groups excluding carboxylic acids is 1. The van der Waals surface area contributed by atoms with Gasteiger partial charge in [-0.3, -0.25) is 14.4 Å². The average molecular weight is 521 g/mol. The van der Waals surface area contributed by atoms with E-state index in [1.54, 1.807) is 50.5 Å². The van der Waals surface area contributed by atoms with E-state index in [1.807, 2.05) is 18.2 Å². The summed E-state index contributed by atoms with van der Waals surface area (Å²) in [5.74, 6) is 0.155. The molecule has 1 aliphatic heterocycles. The van der Waals surface area contributed by atoms with E-state index in [0.717, 1.165) is 34.0 Å². The molecule has 0 radical (unpaired) electrons. The number of amides is 1. The van der Waals surface area contributed by atoms with E-state index in [0.29, 0.717) is 29.2 Å². The van der Waals surface area contributed by atoms with E-state index in [2.05, 4.69) is 31.2 Å². The molecule has 0 bridgehead atoms. The minimum atomic E-state index is -1.05. The monoisotopic (exact) mass is 520 g/mol. The highest BCUT2D eigenvalue weighted by Gasteiger charge is 2.36. The van der Waals surface area contributed by atoms with Gasteiger partial charge >= 0.3 is 0 Å². The highest BCUT2D eigenvalue weighted by Crippen LogP contribution is 2.43. The van der Waals surface area contributed by atoms with Crippen LogP contribution in [0.4, 0.5) is 11.5 Å². The fraction of sp³-hybridized carbons (Fsp3) is 0.269. The summed E-state index contributed by atoms with van der Waals surface area (Å²) in [7, 11) is 0. The van der Waals surface area contributed by atoms with Gasteiger partial charge in [-0.2, -0.15) is 0 Å². The smallest absolute Gasteiger partial charge is 0.253 e. The van der Waals surface area contributed by atoms with Crippen molar-refractivity contribution < 1.29 is 9.90 Å². The molecule has 7 nitrogen and oxygen atoms in total. The van der Waals surface area contributed by atoms with Crippen LogP contribution in [0.25, 0.3) is 11.1 Å². The van der Waals surface area contributed by atoms with Crippen LogP contribution >= 0.6 is 15.9 Å². The summed E-state index contributed by atoms with van der Waals surface area (Å²) in [5, 5.41) is 27.6. The first-order chi connectivity index (χ1) is 16.1. The van der Waals surface area contributed by atoms with E-state index in [9.17, 15) is 15.1 Å². The Kier molecular flexibility index (Phi) is 5.64. The molecular formula is C26H25BrN4O3. The third kappa shape index (κ3) is 4.42. The Morgan fingerprint density at radius 1 is 1.18 bits per heavy atom. The van der Waals surface area contributed by atoms with Crippen LogP contribution in [-0.2, 0) is 16.8 Å². The van der Waals surface area contributed by atoms with Gasteiger partial charge in [0, 0.05) is 52.6 Å². The number of hydroxylamine groups is 1. The van der Waals surface area contributed by atoms with E-state index in [4.69, 9.17) is 0 Å². The second-order valence-corrected chi connectivity index (χ2v) is 10.3. The van der Waals surface area contributed by atoms with Gasteiger partial charge in [-0.25, -0.2) is 4.98 Å². The second kappa shape index (κ2) is 8.39. The molecule has 34 heavy (non-hydrogen) atoms. The summed E-state index contributed by atoms with van der Waals surface area (Å²) in [6.07, 6.45) is 7.07. The van der Waals surface area contributed by atoms with Crippen molar-refractivity contribution in [1.82, 2.24) is 19.9 Å². The first-order valence-electron chi connectivity index (χ1n) is 11.2. The molecule has 1 unspecified atom stereocenters. The van der Waals surface area contributed by atoms with Gasteiger partial charge in [0.25, 0.3) is 5.91 Å². The zero-order chi connectivity index (χ0) is 24.1. The first-order valence-corrected chi connectivity index (χ1v) is 12.0. The maximum atomic E-state index is 14.4. The van der Waals surface area contributed by atoms with Gasteiger partial charge in [0.05, 0.1) is 11.3 Å². The molecule has 8 heteroatoms. The predicted octanol–water partition coefficient (Wildman–Crippen LogP) is 4.99. The van der Waals surface area contributed by atoms with Crippen LogP contribution in [0.1, 0.15) is 37.9 Å². The standard InChI is InChI=1S/C26H25BrN4O3/c1-26(2,33)23-8-5-17(14-29-23)18-11-20(27)13-22(12-18)31(34)15-19(25(32)30-21-6-7-21)10-16-4-3-9-28-24(16)31/h3-5,8-9,11-15,21,33H,6-7,10H2,1-2H3,(H,30,32). The molecule has 1 saturated carbocycles. The van der Waals surface area contributed by atoms with E-state index in [1.165, 1.54) is 6.20 Å². The van der Waals surface area contributed by atoms with Crippen molar-refractivity contribution in [2.75, 3.05) is 0 Å². The third-order valence-electron chi connectivity index (χ3n) is 6.09. The molecule has 1 aromatic carbocycles. The van der Waals surface area contributed by atoms with Gasteiger partial charge in [0.1, 0.15) is 17.5 Å². The summed E-state index contributed by atoms with van der Waals surface area (Å²) in [4.78, 5) is 21.7. The number of halogens is 1. The Labute approximate surface area is 206 Å². The Morgan fingerprint density at radius 3 is 2.65 bits per heavy atom. The van der Waals surface area contributed by atoms with Crippen molar-refractivity contribution in [3.63, 3.8) is 0 Å². The highest BCUT2D eigenvalue weighted by molar-refractivity contribution is 9.10. The SMILES string of the molecule is CC(C)(O)c1ccc(-c2cc(Br)cc([N+]3([O-])C=C(C(=O)NC4CC4)Cc4cccnc43)c2)cn1. The van der Waals surface area contributed by atoms with Crippen LogP contribution in [0, 0.1) is 5.21 Å². The lowest BCUT2D eigenvalue weighted by molar-refractivity contribution is -0.117. The first kappa shape index (κ1) is 22.9. The molecule has 0 saturated heterocycles. The fourth-order valence-corrected chi connectivity index (χ4v) is 4.58. The van der Waals surface area contributed by atoms with Crippen LogP contribution in [-0.4, -0.2) is 27.0 Å². The average Bonchev–Trinajstić information content (AvgIpc) is 3.62. The maximum Gasteiger partial charge on any atom is 0.253 e. The topological polar surface area (TPSA) is 98.2 Å². The van der Waals surface area contributed by atoms with Crippen molar-refractivity contribution in [2.45, 2.75) is 44.8 Å². The van der Waals surface area contributed by atoms with E-state index < -0.39 is 10.2 Å². The summed E-state index contributed by atoms with van der Waals surface area (Å²) in [6.45, 7) is 3.36. The Morgan fingerprint density at radius 2 is 1.97 bits per heavy atom. The molecule has 0 spiro atoms. The van der Waals surface area contributed by atoms with Gasteiger partial charge < -0.3 is 15.6 Å². The number of quaternary nitrogens is 1. The number of rotatable bonds is 5. The van der Waals surface area contributed by atoms with Gasteiger partial charge in [0.15, 0.2) is 0 Å². The lowest BCUT2D eigenvalue weighted by Crippen LogP contribution is -2.39. The minimum absolute atomic E-state index is 0.197. The molecule has 1 atom stereocenters. The largest absolute Gasteiger partial charge is 0.616 e. The van der Waals surface area contributed by atoms with Crippen LogP contribution in [0.3, 0.4) is 0 Å². The van der Waals surface area contributed by atoms with Crippen LogP contribution in [0.5, 0.6) is 0 Å². The lowest BCUT2D eigenvalue weighted by Gasteiger charge is -2.40. The molecule has 3 aromatic rings. The van der Waals surface area contributed by atoms with E-state index in [-0.39, 0.29) is 11.9 Å². The summed E-state index contributed by atoms with van der Waals surface area (Å²) < 4.78 is -0.244. The van der Waals surface area contributed by atoms with Crippen molar-refractivity contribution in [3.05, 3.63) is 87.6 Å². The zero-order valence-electron chi connectivity index (χ0n) is 19.0. The molecule has 5 rings (SSSR count). The number of hydrogen-bond donors (Lipinski definition) is 2. The Hall–Kier alpha value is -2.91. The number of aliphatic hydroxyl groups is 1. The van der Waals surface area contributed by atoms with Crippen molar-refractivity contribution in [1.29, 1.82) is 0 Å². The zero-order valence-corrected chi connectivity index (χ0v) is 20.5. The normalized spacial score (nSPS) is 19.9. The number of fused-ring (bicyclic) bond motifs is 1. The highest BCUT2D eigenvalue weighted by atomic mass is 79.9.